The maximum absolute atomic E-state index is 9.20. The third kappa shape index (κ3) is 3.09. The lowest BCUT2D eigenvalue weighted by Crippen LogP contribution is -2.07. The van der Waals surface area contributed by atoms with Gasteiger partial charge in [0, 0.05) is 5.39 Å². The van der Waals surface area contributed by atoms with Gasteiger partial charge in [-0.05, 0) is 42.5 Å². The number of aromatic nitrogens is 2. The quantitative estimate of drug-likeness (QED) is 0.463. The summed E-state index contributed by atoms with van der Waals surface area (Å²) >= 11 is 0. The number of hydrogen-bond acceptors (Lipinski definition) is 5. The number of methoxy groups -OCH3 is 1. The van der Waals surface area contributed by atoms with Crippen LogP contribution in [0.1, 0.15) is 5.56 Å². The average molecular weight is 392 g/mol. The predicted molar refractivity (Wildman–Crippen MR) is 114 cm³/mol. The van der Waals surface area contributed by atoms with Gasteiger partial charge < -0.3 is 14.1 Å². The fourth-order valence-corrected chi connectivity index (χ4v) is 3.38. The number of nitrogens with one attached hydrogen (secondary N) is 1. The molecule has 2 aromatic heterocycles. The second-order valence-corrected chi connectivity index (χ2v) is 6.72. The molecule has 0 aliphatic heterocycles. The van der Waals surface area contributed by atoms with Crippen molar-refractivity contribution in [2.45, 2.75) is 0 Å². The lowest BCUT2D eigenvalue weighted by atomic mass is 10.1. The van der Waals surface area contributed by atoms with E-state index in [2.05, 4.69) is 16.0 Å². The SMILES string of the molecule is COc1cccc2cc(-c3nc4ccccc4[nH]3)c(=Nc3cccc(C#N)c3)oc12. The Morgan fingerprint density at radius 2 is 1.90 bits per heavy atom. The Labute approximate surface area is 171 Å². The van der Waals surface area contributed by atoms with Gasteiger partial charge in [0.25, 0.3) is 0 Å². The van der Waals surface area contributed by atoms with E-state index >= 15 is 0 Å². The number of benzene rings is 3. The van der Waals surface area contributed by atoms with E-state index in [4.69, 9.17) is 14.1 Å². The van der Waals surface area contributed by atoms with Crippen LogP contribution in [0.25, 0.3) is 33.4 Å². The number of rotatable bonds is 3. The van der Waals surface area contributed by atoms with Crippen LogP contribution in [0.3, 0.4) is 0 Å². The van der Waals surface area contributed by atoms with Gasteiger partial charge in [-0.15, -0.1) is 0 Å². The second kappa shape index (κ2) is 7.22. The highest BCUT2D eigenvalue weighted by Crippen LogP contribution is 2.28. The summed E-state index contributed by atoms with van der Waals surface area (Å²) in [4.78, 5) is 12.7. The largest absolute Gasteiger partial charge is 0.493 e. The maximum atomic E-state index is 9.20. The van der Waals surface area contributed by atoms with Crippen LogP contribution in [0.4, 0.5) is 5.69 Å². The number of nitriles is 1. The van der Waals surface area contributed by atoms with Crippen LogP contribution in [0.15, 0.2) is 82.2 Å². The van der Waals surface area contributed by atoms with Gasteiger partial charge >= 0.3 is 0 Å². The molecule has 2 heterocycles. The molecule has 0 amide bonds. The minimum absolute atomic E-state index is 0.376. The van der Waals surface area contributed by atoms with Crippen molar-refractivity contribution in [3.63, 3.8) is 0 Å². The van der Waals surface area contributed by atoms with Gasteiger partial charge in [0.1, 0.15) is 5.82 Å². The Kier molecular flexibility index (Phi) is 4.26. The van der Waals surface area contributed by atoms with Gasteiger partial charge in [0.2, 0.25) is 5.55 Å². The van der Waals surface area contributed by atoms with Crippen molar-refractivity contribution in [3.05, 3.63) is 83.9 Å². The monoisotopic (exact) mass is 392 g/mol. The van der Waals surface area contributed by atoms with Gasteiger partial charge in [-0.1, -0.05) is 30.3 Å². The lowest BCUT2D eigenvalue weighted by molar-refractivity contribution is 0.406. The summed E-state index contributed by atoms with van der Waals surface area (Å²) in [7, 11) is 1.60. The predicted octanol–water partition coefficient (Wildman–Crippen LogP) is 5.09. The Bertz CT molecular complexity index is 1470. The van der Waals surface area contributed by atoms with Crippen molar-refractivity contribution in [1.29, 1.82) is 5.26 Å². The van der Waals surface area contributed by atoms with Crippen molar-refractivity contribution in [3.8, 4) is 23.2 Å². The number of fused-ring (bicyclic) bond motifs is 2. The first-order chi connectivity index (χ1) is 14.7. The number of ether oxygens (including phenoxy) is 1. The van der Waals surface area contributed by atoms with Gasteiger partial charge in [0.05, 0.1) is 41.0 Å². The van der Waals surface area contributed by atoms with Gasteiger partial charge in [-0.3, -0.25) is 0 Å². The smallest absolute Gasteiger partial charge is 0.231 e. The molecule has 6 nitrogen and oxygen atoms in total. The summed E-state index contributed by atoms with van der Waals surface area (Å²) in [6.45, 7) is 0. The van der Waals surface area contributed by atoms with Crippen molar-refractivity contribution in [2.24, 2.45) is 4.99 Å². The molecule has 0 saturated heterocycles. The molecule has 0 atom stereocenters. The Balaban J connectivity index is 1.82. The van der Waals surface area contributed by atoms with Gasteiger partial charge in [0.15, 0.2) is 11.3 Å². The molecule has 30 heavy (non-hydrogen) atoms. The van der Waals surface area contributed by atoms with Crippen LogP contribution < -0.4 is 10.3 Å². The van der Waals surface area contributed by atoms with E-state index in [9.17, 15) is 5.26 Å². The zero-order valence-electron chi connectivity index (χ0n) is 16.1. The molecule has 5 aromatic rings. The zero-order valence-corrected chi connectivity index (χ0v) is 16.1. The summed E-state index contributed by atoms with van der Waals surface area (Å²) in [5.41, 5.74) is 4.61. The number of hydrogen-bond donors (Lipinski definition) is 1. The maximum Gasteiger partial charge on any atom is 0.231 e. The zero-order chi connectivity index (χ0) is 20.5. The fraction of sp³-hybridized carbons (Fsp3) is 0.0417. The van der Waals surface area contributed by atoms with Crippen LogP contribution >= 0.6 is 0 Å². The topological polar surface area (TPSA) is 87.2 Å². The average Bonchev–Trinajstić information content (AvgIpc) is 3.22. The molecule has 0 aliphatic carbocycles. The van der Waals surface area contributed by atoms with Gasteiger partial charge in [-0.25, -0.2) is 9.98 Å². The van der Waals surface area contributed by atoms with Crippen LogP contribution in [0, 0.1) is 11.3 Å². The molecule has 0 spiro atoms. The highest BCUT2D eigenvalue weighted by atomic mass is 16.5. The molecule has 0 aliphatic rings. The van der Waals surface area contributed by atoms with Gasteiger partial charge in [-0.2, -0.15) is 5.26 Å². The Morgan fingerprint density at radius 1 is 1.03 bits per heavy atom. The van der Waals surface area contributed by atoms with E-state index in [1.165, 1.54) is 0 Å². The van der Waals surface area contributed by atoms with E-state index in [1.54, 1.807) is 25.3 Å². The summed E-state index contributed by atoms with van der Waals surface area (Å²) < 4.78 is 11.7. The third-order valence-corrected chi connectivity index (χ3v) is 4.81. The standard InChI is InChI=1S/C24H16N4O2/c1-29-21-11-5-7-16-13-18(23-27-19-9-2-3-10-20(19)28-23)24(30-22(16)21)26-17-8-4-6-15(12-17)14-25/h2-13H,1H3,(H,27,28). The molecule has 144 valence electrons. The highest BCUT2D eigenvalue weighted by Gasteiger charge is 2.13. The second-order valence-electron chi connectivity index (χ2n) is 6.72. The molecule has 6 heteroatoms. The molecule has 3 aromatic carbocycles. The van der Waals surface area contributed by atoms with E-state index in [0.717, 1.165) is 16.4 Å². The normalized spacial score (nSPS) is 11.7. The molecular weight excluding hydrogens is 376 g/mol. The number of para-hydroxylation sites is 3. The minimum Gasteiger partial charge on any atom is -0.493 e. The van der Waals surface area contributed by atoms with E-state index in [-0.39, 0.29) is 0 Å². The number of imidazole rings is 1. The highest BCUT2D eigenvalue weighted by molar-refractivity contribution is 5.86. The summed E-state index contributed by atoms with van der Waals surface area (Å²) in [6.07, 6.45) is 0. The Hall–Kier alpha value is -4.37. The van der Waals surface area contributed by atoms with Crippen molar-refractivity contribution < 1.29 is 9.15 Å². The Morgan fingerprint density at radius 3 is 2.73 bits per heavy atom. The number of nitrogens with zero attached hydrogens (tertiary/aromatic N) is 3. The molecule has 5 rings (SSSR count). The van der Waals surface area contributed by atoms with Crippen molar-refractivity contribution in [2.75, 3.05) is 7.11 Å². The van der Waals surface area contributed by atoms with Crippen LogP contribution in [0.2, 0.25) is 0 Å². The summed E-state index contributed by atoms with van der Waals surface area (Å²) in [5, 5.41) is 10.1. The van der Waals surface area contributed by atoms with Crippen LogP contribution in [-0.2, 0) is 0 Å². The molecular formula is C24H16N4O2. The fourth-order valence-electron chi connectivity index (χ4n) is 3.38. The summed E-state index contributed by atoms with van der Waals surface area (Å²) in [5.74, 6) is 1.27. The van der Waals surface area contributed by atoms with E-state index < -0.39 is 0 Å². The lowest BCUT2D eigenvalue weighted by Gasteiger charge is -2.06. The van der Waals surface area contributed by atoms with E-state index in [1.807, 2.05) is 54.6 Å². The van der Waals surface area contributed by atoms with Crippen molar-refractivity contribution >= 4 is 27.7 Å². The molecule has 0 saturated carbocycles. The van der Waals surface area contributed by atoms with Crippen LogP contribution in [0.5, 0.6) is 5.75 Å². The number of aromatic amines is 1. The first-order valence-corrected chi connectivity index (χ1v) is 9.36. The van der Waals surface area contributed by atoms with E-state index in [0.29, 0.717) is 39.5 Å². The minimum atomic E-state index is 0.376. The van der Waals surface area contributed by atoms with Crippen LogP contribution in [-0.4, -0.2) is 17.1 Å². The first kappa shape index (κ1) is 17.7. The third-order valence-electron chi connectivity index (χ3n) is 4.81. The molecule has 1 N–H and O–H groups in total. The molecule has 0 radical (unpaired) electrons. The molecule has 0 fully saturated rings. The molecule has 0 unspecified atom stereocenters. The number of H-pyrrole nitrogens is 1. The molecule has 0 bridgehead atoms. The first-order valence-electron chi connectivity index (χ1n) is 9.36. The van der Waals surface area contributed by atoms with Crippen molar-refractivity contribution in [1.82, 2.24) is 9.97 Å². The summed E-state index contributed by atoms with van der Waals surface area (Å²) in [6, 6.07) is 24.7.